The smallest absolute Gasteiger partial charge is 0.325 e. The molecule has 0 spiro atoms. The number of carboxylic acid groups (broad SMARTS) is 1. The van der Waals surface area contributed by atoms with Gasteiger partial charge in [-0.3, -0.25) is 10.1 Å². The summed E-state index contributed by atoms with van der Waals surface area (Å²) in [4.78, 5) is 13.4. The standard InChI is InChI=1S/C15H24N2O2/c1-11(2)16-15(4,14(18)19)10-17(5)13-8-6-12(3)7-9-13/h6-9,11,16H,10H2,1-5H3,(H,18,19). The number of anilines is 1. The van der Waals surface area contributed by atoms with Crippen molar-refractivity contribution < 1.29 is 9.90 Å². The third-order valence-electron chi connectivity index (χ3n) is 3.11. The van der Waals surface area contributed by atoms with E-state index in [-0.39, 0.29) is 6.04 Å². The van der Waals surface area contributed by atoms with Crippen molar-refractivity contribution in [2.75, 3.05) is 18.5 Å². The average Bonchev–Trinajstić information content (AvgIpc) is 2.28. The molecule has 0 aliphatic carbocycles. The zero-order chi connectivity index (χ0) is 14.6. The van der Waals surface area contributed by atoms with Crippen molar-refractivity contribution in [1.29, 1.82) is 0 Å². The maximum atomic E-state index is 11.5. The van der Waals surface area contributed by atoms with Gasteiger partial charge in [0.15, 0.2) is 0 Å². The fourth-order valence-corrected chi connectivity index (χ4v) is 2.18. The number of hydrogen-bond donors (Lipinski definition) is 2. The monoisotopic (exact) mass is 264 g/mol. The predicted octanol–water partition coefficient (Wildman–Crippen LogP) is 2.27. The molecule has 0 bridgehead atoms. The highest BCUT2D eigenvalue weighted by atomic mass is 16.4. The molecule has 0 aliphatic heterocycles. The third kappa shape index (κ3) is 4.24. The van der Waals surface area contributed by atoms with Gasteiger partial charge in [-0.05, 0) is 39.8 Å². The van der Waals surface area contributed by atoms with Gasteiger partial charge in [0.1, 0.15) is 5.54 Å². The Morgan fingerprint density at radius 1 is 1.37 bits per heavy atom. The first-order valence-corrected chi connectivity index (χ1v) is 6.53. The van der Waals surface area contributed by atoms with Gasteiger partial charge < -0.3 is 10.0 Å². The molecule has 0 amide bonds. The van der Waals surface area contributed by atoms with Gasteiger partial charge in [0.05, 0.1) is 0 Å². The molecule has 0 aromatic heterocycles. The fraction of sp³-hybridized carbons (Fsp3) is 0.533. The Morgan fingerprint density at radius 3 is 2.32 bits per heavy atom. The summed E-state index contributed by atoms with van der Waals surface area (Å²) in [5.74, 6) is -0.833. The van der Waals surface area contributed by atoms with Gasteiger partial charge in [-0.1, -0.05) is 17.7 Å². The third-order valence-corrected chi connectivity index (χ3v) is 3.11. The highest BCUT2D eigenvalue weighted by molar-refractivity contribution is 5.79. The zero-order valence-electron chi connectivity index (χ0n) is 12.4. The topological polar surface area (TPSA) is 52.6 Å². The Morgan fingerprint density at radius 2 is 1.89 bits per heavy atom. The molecule has 1 aromatic carbocycles. The summed E-state index contributed by atoms with van der Waals surface area (Å²) in [5.41, 5.74) is 1.25. The molecule has 0 fully saturated rings. The number of aryl methyl sites for hydroxylation is 1. The van der Waals surface area contributed by atoms with Crippen molar-refractivity contribution in [3.63, 3.8) is 0 Å². The number of benzene rings is 1. The molecule has 19 heavy (non-hydrogen) atoms. The van der Waals surface area contributed by atoms with E-state index in [2.05, 4.69) is 5.32 Å². The molecule has 1 unspecified atom stereocenters. The van der Waals surface area contributed by atoms with Crippen LogP contribution in [0.15, 0.2) is 24.3 Å². The molecule has 0 saturated heterocycles. The molecule has 4 heteroatoms. The Balaban J connectivity index is 2.84. The molecule has 4 nitrogen and oxygen atoms in total. The van der Waals surface area contributed by atoms with E-state index >= 15 is 0 Å². The van der Waals surface area contributed by atoms with E-state index in [4.69, 9.17) is 0 Å². The molecular formula is C15H24N2O2. The molecule has 2 N–H and O–H groups in total. The lowest BCUT2D eigenvalue weighted by Crippen LogP contribution is -2.58. The van der Waals surface area contributed by atoms with Crippen LogP contribution in [-0.4, -0.2) is 36.2 Å². The minimum Gasteiger partial charge on any atom is -0.480 e. The normalized spacial score (nSPS) is 14.2. The quantitative estimate of drug-likeness (QED) is 0.827. The summed E-state index contributed by atoms with van der Waals surface area (Å²) in [7, 11) is 1.91. The van der Waals surface area contributed by atoms with E-state index in [9.17, 15) is 9.90 Å². The van der Waals surface area contributed by atoms with Gasteiger partial charge >= 0.3 is 5.97 Å². The zero-order valence-corrected chi connectivity index (χ0v) is 12.4. The Bertz CT molecular complexity index is 428. The van der Waals surface area contributed by atoms with Crippen molar-refractivity contribution >= 4 is 11.7 Å². The van der Waals surface area contributed by atoms with Crippen LogP contribution >= 0.6 is 0 Å². The highest BCUT2D eigenvalue weighted by Crippen LogP contribution is 2.17. The maximum absolute atomic E-state index is 11.5. The predicted molar refractivity (Wildman–Crippen MR) is 78.8 cm³/mol. The van der Waals surface area contributed by atoms with Gasteiger partial charge in [0.25, 0.3) is 0 Å². The lowest BCUT2D eigenvalue weighted by atomic mass is 10.0. The van der Waals surface area contributed by atoms with Crippen LogP contribution in [0.1, 0.15) is 26.3 Å². The van der Waals surface area contributed by atoms with E-state index in [1.165, 1.54) is 5.56 Å². The molecule has 0 saturated carbocycles. The Kier molecular flexibility index (Phi) is 4.95. The first kappa shape index (κ1) is 15.5. The number of rotatable bonds is 6. The number of hydrogen-bond acceptors (Lipinski definition) is 3. The van der Waals surface area contributed by atoms with Crippen molar-refractivity contribution in [2.45, 2.75) is 39.3 Å². The lowest BCUT2D eigenvalue weighted by Gasteiger charge is -2.33. The number of carboxylic acids is 1. The minimum atomic E-state index is -0.964. The summed E-state index contributed by atoms with van der Waals surface area (Å²) < 4.78 is 0. The van der Waals surface area contributed by atoms with Gasteiger partial charge in [-0.25, -0.2) is 0 Å². The summed E-state index contributed by atoms with van der Waals surface area (Å²) in [6.45, 7) is 8.06. The summed E-state index contributed by atoms with van der Waals surface area (Å²) in [5, 5.41) is 12.6. The second kappa shape index (κ2) is 6.06. The van der Waals surface area contributed by atoms with E-state index in [1.807, 2.05) is 57.0 Å². The summed E-state index contributed by atoms with van der Waals surface area (Å²) >= 11 is 0. The Labute approximate surface area is 115 Å². The van der Waals surface area contributed by atoms with Crippen LogP contribution in [-0.2, 0) is 4.79 Å². The summed E-state index contributed by atoms with van der Waals surface area (Å²) in [6.07, 6.45) is 0. The van der Waals surface area contributed by atoms with Crippen LogP contribution in [0, 0.1) is 6.92 Å². The van der Waals surface area contributed by atoms with Crippen molar-refractivity contribution in [3.8, 4) is 0 Å². The second-order valence-electron chi connectivity index (χ2n) is 5.63. The number of nitrogens with zero attached hydrogens (tertiary/aromatic N) is 1. The molecule has 1 aromatic rings. The van der Waals surface area contributed by atoms with Crippen LogP contribution in [0.25, 0.3) is 0 Å². The van der Waals surface area contributed by atoms with Gasteiger partial charge in [0, 0.05) is 25.3 Å². The largest absolute Gasteiger partial charge is 0.480 e. The lowest BCUT2D eigenvalue weighted by molar-refractivity contribution is -0.144. The number of carbonyl (C=O) groups is 1. The first-order chi connectivity index (χ1) is 8.74. The van der Waals surface area contributed by atoms with Crippen LogP contribution in [0.4, 0.5) is 5.69 Å². The molecule has 1 rings (SSSR count). The van der Waals surface area contributed by atoms with E-state index in [0.29, 0.717) is 6.54 Å². The van der Waals surface area contributed by atoms with Crippen LogP contribution in [0.3, 0.4) is 0 Å². The number of nitrogens with one attached hydrogen (secondary N) is 1. The van der Waals surface area contributed by atoms with Crippen LogP contribution < -0.4 is 10.2 Å². The molecule has 1 atom stereocenters. The van der Waals surface area contributed by atoms with E-state index in [1.54, 1.807) is 6.92 Å². The SMILES string of the molecule is Cc1ccc(N(C)CC(C)(NC(C)C)C(=O)O)cc1. The van der Waals surface area contributed by atoms with Gasteiger partial charge in [0.2, 0.25) is 0 Å². The van der Waals surface area contributed by atoms with Crippen molar-refractivity contribution in [1.82, 2.24) is 5.32 Å². The summed E-state index contributed by atoms with van der Waals surface area (Å²) in [6, 6.07) is 8.19. The fourth-order valence-electron chi connectivity index (χ4n) is 2.18. The Hall–Kier alpha value is -1.55. The van der Waals surface area contributed by atoms with Crippen LogP contribution in [0.5, 0.6) is 0 Å². The van der Waals surface area contributed by atoms with Crippen molar-refractivity contribution in [3.05, 3.63) is 29.8 Å². The molecule has 0 aliphatic rings. The van der Waals surface area contributed by atoms with Gasteiger partial charge in [-0.2, -0.15) is 0 Å². The maximum Gasteiger partial charge on any atom is 0.325 e. The second-order valence-corrected chi connectivity index (χ2v) is 5.63. The van der Waals surface area contributed by atoms with Crippen molar-refractivity contribution in [2.24, 2.45) is 0 Å². The number of likely N-dealkylation sites (N-methyl/N-ethyl adjacent to an activating group) is 1. The minimum absolute atomic E-state index is 0.118. The molecule has 106 valence electrons. The molecule has 0 heterocycles. The van der Waals surface area contributed by atoms with E-state index < -0.39 is 11.5 Å². The number of aliphatic carboxylic acids is 1. The average molecular weight is 264 g/mol. The highest BCUT2D eigenvalue weighted by Gasteiger charge is 2.34. The molecule has 0 radical (unpaired) electrons. The molecular weight excluding hydrogens is 240 g/mol. The van der Waals surface area contributed by atoms with Crippen LogP contribution in [0.2, 0.25) is 0 Å². The van der Waals surface area contributed by atoms with Gasteiger partial charge in [-0.15, -0.1) is 0 Å². The van der Waals surface area contributed by atoms with E-state index in [0.717, 1.165) is 5.69 Å². The first-order valence-electron chi connectivity index (χ1n) is 6.53.